The molecule has 0 aliphatic carbocycles. The summed E-state index contributed by atoms with van der Waals surface area (Å²) in [6.07, 6.45) is 80.0. The molecular weight excluding hydrogens is 983 g/mol. The number of carboxylic acids is 1. The van der Waals surface area contributed by atoms with E-state index >= 15 is 0 Å². The second-order valence-corrected chi connectivity index (χ2v) is 22.3. The van der Waals surface area contributed by atoms with E-state index in [9.17, 15) is 19.5 Å². The number of unbranched alkanes of at least 4 members (excludes halogenated alkanes) is 25. The highest BCUT2D eigenvalue weighted by Crippen LogP contribution is 2.16. The van der Waals surface area contributed by atoms with Crippen LogP contribution in [-0.4, -0.2) is 82.3 Å². The molecule has 0 bridgehead atoms. The highest BCUT2D eigenvalue weighted by Gasteiger charge is 2.22. The highest BCUT2D eigenvalue weighted by molar-refractivity contribution is 5.70. The quantitative estimate of drug-likeness (QED) is 0.0195. The van der Waals surface area contributed by atoms with Gasteiger partial charge in [0.1, 0.15) is 13.2 Å². The summed E-state index contributed by atoms with van der Waals surface area (Å²) in [6.45, 7) is 4.64. The molecule has 0 saturated heterocycles. The molecule has 9 heteroatoms. The minimum Gasteiger partial charge on any atom is -0.545 e. The van der Waals surface area contributed by atoms with Crippen LogP contribution in [0.1, 0.15) is 258 Å². The van der Waals surface area contributed by atoms with E-state index in [0.717, 1.165) is 103 Å². The van der Waals surface area contributed by atoms with Crippen molar-refractivity contribution in [3.63, 3.8) is 0 Å². The summed E-state index contributed by atoms with van der Waals surface area (Å²) >= 11 is 0. The standard InChI is InChI=1S/C70H119NO8/c1-6-8-10-12-14-16-18-20-22-24-26-27-28-29-30-31-32-33-34-35-36-37-38-39-40-41-43-45-47-49-51-53-55-57-59-61-68(73)79-66(65-78-70(69(74)75)76-63-62-71(3,4)5)64-77-67(72)60-58-56-54-52-50-48-46-44-42-25-23-21-19-17-15-13-11-9-7-2/h8,10,14,16,20,22,26-27,29-30,32-33,35-36,38-39,41,43,66,70H,6-7,9,11-13,15,17-19,21,23-25,28,31,34,37,40,42,44-65H2,1-5H3/b10-8-,16-14-,22-20-,27-26-,30-29-,33-32-,36-35-,39-38-,43-41-. The van der Waals surface area contributed by atoms with Crippen molar-refractivity contribution in [2.45, 2.75) is 270 Å². The maximum absolute atomic E-state index is 12.9. The minimum atomic E-state index is -1.63. The van der Waals surface area contributed by atoms with Crippen LogP contribution in [0.4, 0.5) is 0 Å². The SMILES string of the molecule is CC/C=C\C/C=C\C/C=C\C/C=C\C/C=C\C/C=C\C/C=C\C/C=C\C/C=C\CCCCCCCCCC(=O)OC(COC(=O)CCCCCCCCCCCCCCCCCCCCC)COC(OCC[N+](C)(C)C)C(=O)[O-]. The lowest BCUT2D eigenvalue weighted by Gasteiger charge is -2.26. The predicted molar refractivity (Wildman–Crippen MR) is 333 cm³/mol. The van der Waals surface area contributed by atoms with E-state index in [1.807, 2.05) is 21.1 Å². The monoisotopic (exact) mass is 1100 g/mol. The number of carbonyl (C=O) groups excluding carboxylic acids is 3. The van der Waals surface area contributed by atoms with Crippen molar-refractivity contribution in [2.24, 2.45) is 0 Å². The van der Waals surface area contributed by atoms with Gasteiger partial charge in [-0.05, 0) is 83.5 Å². The van der Waals surface area contributed by atoms with Crippen LogP contribution in [0.5, 0.6) is 0 Å². The third-order valence-electron chi connectivity index (χ3n) is 13.5. The number of hydrogen-bond donors (Lipinski definition) is 0. The number of allylic oxidation sites excluding steroid dienone is 18. The Morgan fingerprint density at radius 3 is 1.08 bits per heavy atom. The number of carboxylic acid groups (broad SMARTS) is 1. The average molecular weight is 1100 g/mol. The van der Waals surface area contributed by atoms with Crippen molar-refractivity contribution in [3.05, 3.63) is 109 Å². The molecule has 0 saturated carbocycles. The van der Waals surface area contributed by atoms with Gasteiger partial charge in [-0.25, -0.2) is 0 Å². The molecule has 0 aromatic carbocycles. The molecule has 452 valence electrons. The fourth-order valence-electron chi connectivity index (χ4n) is 8.65. The lowest BCUT2D eigenvalue weighted by Crippen LogP contribution is -2.44. The molecule has 0 spiro atoms. The molecule has 0 N–H and O–H groups in total. The Balaban J connectivity index is 4.22. The van der Waals surface area contributed by atoms with Crippen LogP contribution >= 0.6 is 0 Å². The molecule has 2 unspecified atom stereocenters. The van der Waals surface area contributed by atoms with Crippen LogP contribution in [0, 0.1) is 0 Å². The third kappa shape index (κ3) is 61.4. The molecule has 0 aromatic rings. The van der Waals surface area contributed by atoms with Crippen molar-refractivity contribution >= 4 is 17.9 Å². The molecule has 0 aromatic heterocycles. The van der Waals surface area contributed by atoms with Crippen LogP contribution in [0.15, 0.2) is 109 Å². The van der Waals surface area contributed by atoms with E-state index in [0.29, 0.717) is 17.4 Å². The zero-order valence-corrected chi connectivity index (χ0v) is 51.5. The number of likely N-dealkylation sites (N-methyl/N-ethyl adjacent to an activating group) is 1. The first kappa shape index (κ1) is 75.0. The first-order valence-corrected chi connectivity index (χ1v) is 32.0. The molecule has 0 aliphatic heterocycles. The lowest BCUT2D eigenvalue weighted by molar-refractivity contribution is -0.870. The van der Waals surface area contributed by atoms with Gasteiger partial charge in [-0.15, -0.1) is 0 Å². The Labute approximate surface area is 485 Å². The lowest BCUT2D eigenvalue weighted by atomic mass is 10.0. The molecule has 0 heterocycles. The van der Waals surface area contributed by atoms with Gasteiger partial charge in [0.25, 0.3) is 0 Å². The number of esters is 2. The summed E-state index contributed by atoms with van der Waals surface area (Å²) in [7, 11) is 5.92. The first-order chi connectivity index (χ1) is 38.6. The third-order valence-corrected chi connectivity index (χ3v) is 13.5. The van der Waals surface area contributed by atoms with Crippen molar-refractivity contribution in [3.8, 4) is 0 Å². The van der Waals surface area contributed by atoms with E-state index in [-0.39, 0.29) is 38.6 Å². The van der Waals surface area contributed by atoms with Gasteiger partial charge in [0, 0.05) is 12.8 Å². The van der Waals surface area contributed by atoms with Crippen molar-refractivity contribution < 1.29 is 42.9 Å². The fourth-order valence-corrected chi connectivity index (χ4v) is 8.65. The maximum atomic E-state index is 12.9. The first-order valence-electron chi connectivity index (χ1n) is 32.0. The summed E-state index contributed by atoms with van der Waals surface area (Å²) in [5.41, 5.74) is 0. The number of hydrogen-bond acceptors (Lipinski definition) is 8. The summed E-state index contributed by atoms with van der Waals surface area (Å²) in [6, 6.07) is 0. The largest absolute Gasteiger partial charge is 0.545 e. The number of rotatable bonds is 58. The molecule has 0 radical (unpaired) electrons. The highest BCUT2D eigenvalue weighted by atomic mass is 16.7. The van der Waals surface area contributed by atoms with Crippen LogP contribution in [0.2, 0.25) is 0 Å². The van der Waals surface area contributed by atoms with Gasteiger partial charge in [0.05, 0.1) is 40.3 Å². The normalized spacial score (nSPS) is 13.5. The number of aliphatic carboxylic acids is 1. The van der Waals surface area contributed by atoms with E-state index in [2.05, 4.69) is 123 Å². The molecule has 0 aliphatic rings. The van der Waals surface area contributed by atoms with Gasteiger partial charge in [0.15, 0.2) is 12.4 Å². The predicted octanol–water partition coefficient (Wildman–Crippen LogP) is 18.1. The zero-order chi connectivity index (χ0) is 57.6. The van der Waals surface area contributed by atoms with E-state index in [4.69, 9.17) is 18.9 Å². The van der Waals surface area contributed by atoms with Gasteiger partial charge < -0.3 is 33.3 Å². The topological polar surface area (TPSA) is 111 Å². The molecule has 0 rings (SSSR count). The summed E-state index contributed by atoms with van der Waals surface area (Å²) in [4.78, 5) is 37.4. The van der Waals surface area contributed by atoms with E-state index in [1.165, 1.54) is 122 Å². The Hall–Kier alpha value is -4.05. The molecular formula is C70H119NO8. The van der Waals surface area contributed by atoms with Crippen LogP contribution < -0.4 is 5.11 Å². The second-order valence-electron chi connectivity index (χ2n) is 22.3. The molecule has 0 amide bonds. The van der Waals surface area contributed by atoms with Gasteiger partial charge in [0.2, 0.25) is 0 Å². The summed E-state index contributed by atoms with van der Waals surface area (Å²) < 4.78 is 22.7. The summed E-state index contributed by atoms with van der Waals surface area (Å²) in [5.74, 6) is -2.30. The van der Waals surface area contributed by atoms with Crippen molar-refractivity contribution in [1.29, 1.82) is 0 Å². The number of carbonyl (C=O) groups is 3. The van der Waals surface area contributed by atoms with Crippen molar-refractivity contribution in [2.75, 3.05) is 47.5 Å². The number of nitrogens with zero attached hydrogens (tertiary/aromatic N) is 1. The van der Waals surface area contributed by atoms with E-state index in [1.54, 1.807) is 0 Å². The molecule has 79 heavy (non-hydrogen) atoms. The van der Waals surface area contributed by atoms with Crippen molar-refractivity contribution in [1.82, 2.24) is 0 Å². The Morgan fingerprint density at radius 2 is 0.722 bits per heavy atom. The average Bonchev–Trinajstić information content (AvgIpc) is 3.42. The molecule has 0 fully saturated rings. The summed E-state index contributed by atoms with van der Waals surface area (Å²) in [5, 5.41) is 11.8. The second kappa shape index (κ2) is 60.1. The zero-order valence-electron chi connectivity index (χ0n) is 51.5. The van der Waals surface area contributed by atoms with Gasteiger partial charge in [-0.2, -0.15) is 0 Å². The van der Waals surface area contributed by atoms with Gasteiger partial charge in [-0.3, -0.25) is 9.59 Å². The minimum absolute atomic E-state index is 0.142. The number of ether oxygens (including phenoxy) is 4. The number of quaternary nitrogens is 1. The Bertz CT molecular complexity index is 1660. The maximum Gasteiger partial charge on any atom is 0.306 e. The van der Waals surface area contributed by atoms with Crippen LogP contribution in [0.25, 0.3) is 0 Å². The molecule has 9 nitrogen and oxygen atoms in total. The van der Waals surface area contributed by atoms with Crippen LogP contribution in [0.3, 0.4) is 0 Å². The smallest absolute Gasteiger partial charge is 0.306 e. The Kier molecular flexibility index (Phi) is 57.0. The van der Waals surface area contributed by atoms with E-state index < -0.39 is 24.3 Å². The van der Waals surface area contributed by atoms with Crippen LogP contribution in [-0.2, 0) is 33.3 Å². The fraction of sp³-hybridized carbons (Fsp3) is 0.700. The molecule has 2 atom stereocenters. The van der Waals surface area contributed by atoms with Gasteiger partial charge >= 0.3 is 11.9 Å². The Morgan fingerprint density at radius 1 is 0.392 bits per heavy atom. The van der Waals surface area contributed by atoms with Gasteiger partial charge in [-0.1, -0.05) is 271 Å².